The van der Waals surface area contributed by atoms with Gasteiger partial charge in [-0.05, 0) is 44.0 Å². The molecule has 146 valence electrons. The molecule has 1 unspecified atom stereocenters. The van der Waals surface area contributed by atoms with Crippen molar-refractivity contribution in [2.75, 3.05) is 0 Å². The first kappa shape index (κ1) is 19.5. The fourth-order valence-electron chi connectivity index (χ4n) is 3.60. The summed E-state index contributed by atoms with van der Waals surface area (Å²) in [6.07, 6.45) is 1.02. The van der Waals surface area contributed by atoms with Gasteiger partial charge in [0.25, 0.3) is 0 Å². The molecule has 0 aliphatic carbocycles. The summed E-state index contributed by atoms with van der Waals surface area (Å²) < 4.78 is 1.98. The molecular weight excluding hydrogens is 358 g/mol. The van der Waals surface area contributed by atoms with Gasteiger partial charge in [0.1, 0.15) is 0 Å². The van der Waals surface area contributed by atoms with E-state index in [1.807, 2.05) is 42.7 Å². The van der Waals surface area contributed by atoms with Gasteiger partial charge in [0.05, 0.1) is 11.5 Å². The van der Waals surface area contributed by atoms with E-state index in [4.69, 9.17) is 0 Å². The van der Waals surface area contributed by atoms with Crippen LogP contribution < -0.4 is 0 Å². The topological polar surface area (TPSA) is 99.8 Å². The summed E-state index contributed by atoms with van der Waals surface area (Å²) >= 11 is 0. The van der Waals surface area contributed by atoms with Crippen LogP contribution in [0.3, 0.4) is 0 Å². The molecule has 0 aliphatic heterocycles. The molecule has 0 amide bonds. The van der Waals surface area contributed by atoms with Gasteiger partial charge < -0.3 is 19.9 Å². The average molecular weight is 381 g/mol. The van der Waals surface area contributed by atoms with Gasteiger partial charge >= 0.3 is 5.97 Å². The van der Waals surface area contributed by atoms with Crippen molar-refractivity contribution in [2.24, 2.45) is 5.92 Å². The minimum absolute atomic E-state index is 0.256. The summed E-state index contributed by atoms with van der Waals surface area (Å²) in [5.41, 5.74) is 2.41. The number of carboxylic acids is 1. The standard InChI is InChI=1S/C22H23NO5/c1-3-14(22(27)28)10-11-23-13(2)20(16-6-4-5-7-17(16)23)21(26)15-8-9-18(24)19(25)12-15/h4-9,12,14,24-25H,3,10-11H2,1-2H3,(H,27,28). The maximum Gasteiger partial charge on any atom is 0.306 e. The second kappa shape index (κ2) is 7.76. The van der Waals surface area contributed by atoms with Gasteiger partial charge in [0.15, 0.2) is 17.3 Å². The number of aromatic hydroxyl groups is 2. The number of benzene rings is 2. The molecule has 28 heavy (non-hydrogen) atoms. The lowest BCUT2D eigenvalue weighted by atomic mass is 10.00. The monoisotopic (exact) mass is 381 g/mol. The van der Waals surface area contributed by atoms with E-state index >= 15 is 0 Å². The molecule has 0 spiro atoms. The van der Waals surface area contributed by atoms with E-state index in [-0.39, 0.29) is 22.8 Å². The highest BCUT2D eigenvalue weighted by Crippen LogP contribution is 2.31. The van der Waals surface area contributed by atoms with Crippen LogP contribution in [0.1, 0.15) is 41.4 Å². The van der Waals surface area contributed by atoms with E-state index in [0.29, 0.717) is 24.9 Å². The Morgan fingerprint density at radius 3 is 2.43 bits per heavy atom. The number of carbonyl (C=O) groups excluding carboxylic acids is 1. The van der Waals surface area contributed by atoms with Crippen molar-refractivity contribution in [2.45, 2.75) is 33.2 Å². The Hall–Kier alpha value is -3.28. The van der Waals surface area contributed by atoms with Crippen LogP contribution in [0.2, 0.25) is 0 Å². The van der Waals surface area contributed by atoms with Crippen LogP contribution in [0, 0.1) is 12.8 Å². The van der Waals surface area contributed by atoms with Crippen molar-refractivity contribution in [3.05, 3.63) is 59.3 Å². The lowest BCUT2D eigenvalue weighted by Gasteiger charge is -2.13. The third-order valence-corrected chi connectivity index (χ3v) is 5.24. The summed E-state index contributed by atoms with van der Waals surface area (Å²) in [6.45, 7) is 4.19. The Morgan fingerprint density at radius 2 is 1.79 bits per heavy atom. The summed E-state index contributed by atoms with van der Waals surface area (Å²) in [6, 6.07) is 11.5. The lowest BCUT2D eigenvalue weighted by molar-refractivity contribution is -0.142. The number of para-hydroxylation sites is 1. The van der Waals surface area contributed by atoms with Crippen molar-refractivity contribution in [3.63, 3.8) is 0 Å². The predicted molar refractivity (Wildman–Crippen MR) is 106 cm³/mol. The third-order valence-electron chi connectivity index (χ3n) is 5.24. The second-order valence-corrected chi connectivity index (χ2v) is 6.89. The van der Waals surface area contributed by atoms with Crippen molar-refractivity contribution in [1.29, 1.82) is 0 Å². The molecular formula is C22H23NO5. The number of rotatable bonds is 7. The number of fused-ring (bicyclic) bond motifs is 1. The number of nitrogens with zero attached hydrogens (tertiary/aromatic N) is 1. The van der Waals surface area contributed by atoms with Crippen LogP contribution in [0.25, 0.3) is 10.9 Å². The Kier molecular flexibility index (Phi) is 5.40. The maximum atomic E-state index is 13.2. The second-order valence-electron chi connectivity index (χ2n) is 6.89. The van der Waals surface area contributed by atoms with Crippen molar-refractivity contribution in [1.82, 2.24) is 4.57 Å². The quantitative estimate of drug-likeness (QED) is 0.423. The highest BCUT2D eigenvalue weighted by molar-refractivity contribution is 6.17. The van der Waals surface area contributed by atoms with Gasteiger partial charge in [-0.1, -0.05) is 25.1 Å². The van der Waals surface area contributed by atoms with Gasteiger partial charge in [-0.15, -0.1) is 0 Å². The van der Waals surface area contributed by atoms with E-state index in [0.717, 1.165) is 16.6 Å². The zero-order valence-corrected chi connectivity index (χ0v) is 15.8. The minimum Gasteiger partial charge on any atom is -0.504 e. The average Bonchev–Trinajstić information content (AvgIpc) is 2.95. The molecule has 0 saturated carbocycles. The SMILES string of the molecule is CCC(CCn1c(C)c(C(=O)c2ccc(O)c(O)c2)c2ccccc21)C(=O)O. The van der Waals surface area contributed by atoms with Gasteiger partial charge in [0, 0.05) is 28.7 Å². The molecule has 6 nitrogen and oxygen atoms in total. The Balaban J connectivity index is 2.06. The van der Waals surface area contributed by atoms with Gasteiger partial charge in [-0.2, -0.15) is 0 Å². The molecule has 3 N–H and O–H groups in total. The van der Waals surface area contributed by atoms with Crippen LogP contribution in [-0.4, -0.2) is 31.6 Å². The largest absolute Gasteiger partial charge is 0.504 e. The zero-order chi connectivity index (χ0) is 20.4. The molecule has 2 aromatic carbocycles. The molecule has 0 radical (unpaired) electrons. The molecule has 1 aromatic heterocycles. The van der Waals surface area contributed by atoms with Gasteiger partial charge in [-0.3, -0.25) is 9.59 Å². The molecule has 1 atom stereocenters. The number of hydrogen-bond acceptors (Lipinski definition) is 4. The molecule has 0 saturated heterocycles. The fraction of sp³-hybridized carbons (Fsp3) is 0.273. The number of carboxylic acid groups (broad SMARTS) is 1. The predicted octanol–water partition coefficient (Wildman–Crippen LogP) is 4.09. The van der Waals surface area contributed by atoms with Crippen LogP contribution in [0.15, 0.2) is 42.5 Å². The highest BCUT2D eigenvalue weighted by Gasteiger charge is 2.23. The van der Waals surface area contributed by atoms with E-state index in [1.165, 1.54) is 18.2 Å². The number of aromatic nitrogens is 1. The number of phenols is 2. The number of aliphatic carboxylic acids is 1. The number of carbonyl (C=O) groups is 2. The Morgan fingerprint density at radius 1 is 1.07 bits per heavy atom. The summed E-state index contributed by atoms with van der Waals surface area (Å²) in [5, 5.41) is 29.3. The van der Waals surface area contributed by atoms with E-state index in [1.54, 1.807) is 0 Å². The van der Waals surface area contributed by atoms with Crippen LogP contribution >= 0.6 is 0 Å². The minimum atomic E-state index is -0.813. The number of phenolic OH excluding ortho intramolecular Hbond substituents is 2. The summed E-state index contributed by atoms with van der Waals surface area (Å²) in [7, 11) is 0. The van der Waals surface area contributed by atoms with Gasteiger partial charge in [0.2, 0.25) is 0 Å². The van der Waals surface area contributed by atoms with E-state index < -0.39 is 11.9 Å². The lowest BCUT2D eigenvalue weighted by Crippen LogP contribution is -2.16. The van der Waals surface area contributed by atoms with Gasteiger partial charge in [-0.25, -0.2) is 0 Å². The Bertz CT molecular complexity index is 1050. The first-order chi connectivity index (χ1) is 13.3. The fourth-order valence-corrected chi connectivity index (χ4v) is 3.60. The van der Waals surface area contributed by atoms with Crippen LogP contribution in [0.5, 0.6) is 11.5 Å². The smallest absolute Gasteiger partial charge is 0.306 e. The van der Waals surface area contributed by atoms with Crippen molar-refractivity contribution < 1.29 is 24.9 Å². The van der Waals surface area contributed by atoms with Crippen LogP contribution in [0.4, 0.5) is 0 Å². The third kappa shape index (κ3) is 3.45. The number of hydrogen-bond donors (Lipinski definition) is 3. The van der Waals surface area contributed by atoms with E-state index in [9.17, 15) is 24.9 Å². The first-order valence-electron chi connectivity index (χ1n) is 9.22. The molecule has 1 heterocycles. The summed E-state index contributed by atoms with van der Waals surface area (Å²) in [5.74, 6) is -2.14. The molecule has 0 bridgehead atoms. The molecule has 0 aliphatic rings. The Labute approximate surface area is 162 Å². The van der Waals surface area contributed by atoms with Crippen molar-refractivity contribution in [3.8, 4) is 11.5 Å². The first-order valence-corrected chi connectivity index (χ1v) is 9.22. The highest BCUT2D eigenvalue weighted by atomic mass is 16.4. The van der Waals surface area contributed by atoms with Crippen molar-refractivity contribution >= 4 is 22.7 Å². The molecule has 3 aromatic rings. The van der Waals surface area contributed by atoms with E-state index in [2.05, 4.69) is 0 Å². The molecule has 6 heteroatoms. The van der Waals surface area contributed by atoms with Crippen LogP contribution in [-0.2, 0) is 11.3 Å². The molecule has 3 rings (SSSR count). The summed E-state index contributed by atoms with van der Waals surface area (Å²) in [4.78, 5) is 24.5. The zero-order valence-electron chi connectivity index (χ0n) is 15.8. The maximum absolute atomic E-state index is 13.2. The molecule has 0 fully saturated rings. The number of aryl methyl sites for hydroxylation is 1. The normalized spacial score (nSPS) is 12.2. The number of ketones is 1.